The van der Waals surface area contributed by atoms with Crippen LogP contribution in [0.15, 0.2) is 0 Å². The van der Waals surface area contributed by atoms with Crippen LogP contribution < -0.4 is 4.72 Å². The van der Waals surface area contributed by atoms with Crippen LogP contribution >= 0.6 is 0 Å². The third-order valence-electron chi connectivity index (χ3n) is 2.93. The fraction of sp³-hybridized carbons (Fsp3) is 1.00. The molecular formula is C10H23N3O2S. The van der Waals surface area contributed by atoms with Gasteiger partial charge in [0.25, 0.3) is 0 Å². The topological polar surface area (TPSA) is 52.6 Å². The first-order valence-electron chi connectivity index (χ1n) is 5.90. The molecule has 1 rings (SSSR count). The van der Waals surface area contributed by atoms with E-state index in [2.05, 4.69) is 21.4 Å². The van der Waals surface area contributed by atoms with Crippen LogP contribution in [0.5, 0.6) is 0 Å². The molecule has 16 heavy (non-hydrogen) atoms. The molecule has 0 amide bonds. The molecule has 0 saturated carbocycles. The third kappa shape index (κ3) is 5.79. The van der Waals surface area contributed by atoms with Crippen molar-refractivity contribution in [3.05, 3.63) is 0 Å². The number of nitrogens with one attached hydrogen (secondary N) is 1. The van der Waals surface area contributed by atoms with Crippen molar-refractivity contribution >= 4 is 10.0 Å². The van der Waals surface area contributed by atoms with Crippen molar-refractivity contribution in [3.63, 3.8) is 0 Å². The second-order valence-corrected chi connectivity index (χ2v) is 6.13. The van der Waals surface area contributed by atoms with Gasteiger partial charge in [-0.3, -0.25) is 0 Å². The van der Waals surface area contributed by atoms with E-state index in [1.54, 1.807) is 0 Å². The lowest BCUT2D eigenvalue weighted by Gasteiger charge is -2.33. The van der Waals surface area contributed by atoms with Gasteiger partial charge in [-0.05, 0) is 19.5 Å². The highest BCUT2D eigenvalue weighted by Crippen LogP contribution is 2.01. The van der Waals surface area contributed by atoms with Gasteiger partial charge in [0.15, 0.2) is 0 Å². The molecule has 0 atom stereocenters. The van der Waals surface area contributed by atoms with E-state index in [1.165, 1.54) is 6.26 Å². The highest BCUT2D eigenvalue weighted by molar-refractivity contribution is 7.88. The van der Waals surface area contributed by atoms with E-state index in [9.17, 15) is 8.42 Å². The highest BCUT2D eigenvalue weighted by Gasteiger charge is 2.14. The molecule has 1 saturated heterocycles. The van der Waals surface area contributed by atoms with Gasteiger partial charge >= 0.3 is 0 Å². The van der Waals surface area contributed by atoms with E-state index in [-0.39, 0.29) is 0 Å². The average molecular weight is 249 g/mol. The zero-order chi connectivity index (χ0) is 12.0. The normalized spacial score (nSPS) is 20.1. The molecule has 1 aliphatic rings. The highest BCUT2D eigenvalue weighted by atomic mass is 32.2. The van der Waals surface area contributed by atoms with Gasteiger partial charge in [-0.15, -0.1) is 0 Å². The van der Waals surface area contributed by atoms with Gasteiger partial charge in [-0.25, -0.2) is 13.1 Å². The van der Waals surface area contributed by atoms with Crippen molar-refractivity contribution in [1.82, 2.24) is 14.5 Å². The van der Waals surface area contributed by atoms with Crippen LogP contribution in [0, 0.1) is 0 Å². The Labute approximate surface area is 98.8 Å². The molecule has 1 fully saturated rings. The number of sulfonamides is 1. The average Bonchev–Trinajstić information content (AvgIpc) is 2.24. The molecular weight excluding hydrogens is 226 g/mol. The molecule has 6 heteroatoms. The molecule has 0 aromatic heterocycles. The molecule has 1 aliphatic heterocycles. The predicted molar refractivity (Wildman–Crippen MR) is 66.0 cm³/mol. The van der Waals surface area contributed by atoms with Crippen molar-refractivity contribution in [3.8, 4) is 0 Å². The Kier molecular flexibility index (Phi) is 5.68. The summed E-state index contributed by atoms with van der Waals surface area (Å²) in [4.78, 5) is 4.83. The molecule has 0 spiro atoms. The Morgan fingerprint density at radius 3 is 2.19 bits per heavy atom. The summed E-state index contributed by atoms with van der Waals surface area (Å²) in [5.74, 6) is 0. The maximum atomic E-state index is 10.8. The van der Waals surface area contributed by atoms with Crippen LogP contribution in [0.1, 0.15) is 13.3 Å². The van der Waals surface area contributed by atoms with Crippen LogP contribution in [0.25, 0.3) is 0 Å². The van der Waals surface area contributed by atoms with Crippen molar-refractivity contribution < 1.29 is 8.42 Å². The van der Waals surface area contributed by atoms with E-state index in [0.717, 1.165) is 45.7 Å². The molecule has 0 aromatic carbocycles. The molecule has 0 unspecified atom stereocenters. The Hall–Kier alpha value is -0.170. The van der Waals surface area contributed by atoms with Gasteiger partial charge < -0.3 is 9.80 Å². The van der Waals surface area contributed by atoms with E-state index in [1.807, 2.05) is 0 Å². The second kappa shape index (κ2) is 6.54. The number of nitrogens with zero attached hydrogens (tertiary/aromatic N) is 2. The lowest BCUT2D eigenvalue weighted by atomic mass is 10.3. The first-order chi connectivity index (χ1) is 7.51. The van der Waals surface area contributed by atoms with Gasteiger partial charge in [0.05, 0.1) is 6.26 Å². The van der Waals surface area contributed by atoms with Crippen LogP contribution in [-0.2, 0) is 10.0 Å². The van der Waals surface area contributed by atoms with Crippen molar-refractivity contribution in [2.45, 2.75) is 13.3 Å². The lowest BCUT2D eigenvalue weighted by molar-refractivity contribution is 0.136. The minimum absolute atomic E-state index is 0.548. The van der Waals surface area contributed by atoms with Crippen LogP contribution in [0.2, 0.25) is 0 Å². The summed E-state index contributed by atoms with van der Waals surface area (Å²) in [5, 5.41) is 0. The Balaban J connectivity index is 2.07. The smallest absolute Gasteiger partial charge is 0.208 e. The van der Waals surface area contributed by atoms with E-state index in [0.29, 0.717) is 6.54 Å². The van der Waals surface area contributed by atoms with Crippen molar-refractivity contribution in [1.29, 1.82) is 0 Å². The van der Waals surface area contributed by atoms with Gasteiger partial charge in [-0.2, -0.15) is 0 Å². The predicted octanol–water partition coefficient (Wildman–Crippen LogP) is -0.437. The monoisotopic (exact) mass is 249 g/mol. The number of rotatable bonds is 6. The largest absolute Gasteiger partial charge is 0.301 e. The Morgan fingerprint density at radius 2 is 1.69 bits per heavy atom. The van der Waals surface area contributed by atoms with Gasteiger partial charge in [0.1, 0.15) is 0 Å². The van der Waals surface area contributed by atoms with Gasteiger partial charge in [-0.1, -0.05) is 6.92 Å². The SMILES string of the molecule is CCN1CCN(CCCNS(C)(=O)=O)CC1. The number of piperazine rings is 1. The maximum Gasteiger partial charge on any atom is 0.208 e. The molecule has 0 aromatic rings. The summed E-state index contributed by atoms with van der Waals surface area (Å²) in [5.41, 5.74) is 0. The number of hydrogen-bond acceptors (Lipinski definition) is 4. The summed E-state index contributed by atoms with van der Waals surface area (Å²) < 4.78 is 24.2. The van der Waals surface area contributed by atoms with Gasteiger partial charge in [0, 0.05) is 32.7 Å². The minimum atomic E-state index is -3.02. The van der Waals surface area contributed by atoms with Crippen molar-refractivity contribution in [2.75, 3.05) is 52.1 Å². The molecule has 0 aliphatic carbocycles. The molecule has 96 valence electrons. The van der Waals surface area contributed by atoms with Gasteiger partial charge in [0.2, 0.25) is 10.0 Å². The second-order valence-electron chi connectivity index (χ2n) is 4.30. The molecule has 1 heterocycles. The van der Waals surface area contributed by atoms with Crippen molar-refractivity contribution in [2.24, 2.45) is 0 Å². The third-order valence-corrected chi connectivity index (χ3v) is 3.66. The first kappa shape index (κ1) is 13.9. The summed E-state index contributed by atoms with van der Waals surface area (Å²) in [6.45, 7) is 9.33. The molecule has 0 radical (unpaired) electrons. The summed E-state index contributed by atoms with van der Waals surface area (Å²) in [7, 11) is -3.02. The fourth-order valence-corrected chi connectivity index (χ4v) is 2.40. The van der Waals surface area contributed by atoms with E-state index >= 15 is 0 Å². The summed E-state index contributed by atoms with van der Waals surface area (Å²) in [6, 6.07) is 0. The summed E-state index contributed by atoms with van der Waals surface area (Å²) >= 11 is 0. The number of likely N-dealkylation sites (N-methyl/N-ethyl adjacent to an activating group) is 1. The Bertz CT molecular complexity index is 284. The zero-order valence-electron chi connectivity index (χ0n) is 10.3. The lowest BCUT2D eigenvalue weighted by Crippen LogP contribution is -2.46. The van der Waals surface area contributed by atoms with E-state index < -0.39 is 10.0 Å². The fourth-order valence-electron chi connectivity index (χ4n) is 1.89. The minimum Gasteiger partial charge on any atom is -0.301 e. The molecule has 1 N–H and O–H groups in total. The van der Waals surface area contributed by atoms with E-state index in [4.69, 9.17) is 0 Å². The zero-order valence-corrected chi connectivity index (χ0v) is 11.1. The van der Waals surface area contributed by atoms with Crippen LogP contribution in [-0.4, -0.2) is 70.3 Å². The maximum absolute atomic E-state index is 10.8. The number of hydrogen-bond donors (Lipinski definition) is 1. The quantitative estimate of drug-likeness (QED) is 0.649. The van der Waals surface area contributed by atoms with Crippen LogP contribution in [0.4, 0.5) is 0 Å². The standard InChI is InChI=1S/C10H23N3O2S/c1-3-12-7-9-13(10-8-12)6-4-5-11-16(2,14)15/h11H,3-10H2,1-2H3. The molecule has 0 bridgehead atoms. The molecule has 5 nitrogen and oxygen atoms in total. The van der Waals surface area contributed by atoms with Crippen LogP contribution in [0.3, 0.4) is 0 Å². The first-order valence-corrected chi connectivity index (χ1v) is 7.80. The summed E-state index contributed by atoms with van der Waals surface area (Å²) in [6.07, 6.45) is 2.09. The Morgan fingerprint density at radius 1 is 1.12 bits per heavy atom.